The molecular formula is C8H10N2. The fourth-order valence-corrected chi connectivity index (χ4v) is 0.797. The molecule has 2 nitrogen and oxygen atoms in total. The zero-order chi connectivity index (χ0) is 7.40. The van der Waals surface area contributed by atoms with Crippen molar-refractivity contribution >= 4 is 0 Å². The molecule has 0 aliphatic rings. The molecule has 2 heteroatoms. The Bertz CT molecular complexity index is 213. The number of rotatable bonds is 2. The van der Waals surface area contributed by atoms with E-state index >= 15 is 0 Å². The maximum absolute atomic E-state index is 8.34. The zero-order valence-electron chi connectivity index (χ0n) is 5.96. The fourth-order valence-electron chi connectivity index (χ4n) is 0.797. The van der Waals surface area contributed by atoms with Crippen LogP contribution in [0.2, 0.25) is 0 Å². The van der Waals surface area contributed by atoms with Crippen LogP contribution in [0.5, 0.6) is 0 Å². The van der Waals surface area contributed by atoms with Gasteiger partial charge < -0.3 is 10.6 Å². The van der Waals surface area contributed by atoms with Crippen LogP contribution in [-0.4, -0.2) is 0 Å². The van der Waals surface area contributed by atoms with Crippen molar-refractivity contribution in [3.63, 3.8) is 0 Å². The van der Waals surface area contributed by atoms with Crippen LogP contribution in [0.1, 0.15) is 11.1 Å². The van der Waals surface area contributed by atoms with E-state index in [4.69, 9.17) is 5.53 Å². The molecule has 52 valence electrons. The number of benzene rings is 1. The second kappa shape index (κ2) is 3.11. The Labute approximate surface area is 60.4 Å². The van der Waals surface area contributed by atoms with Crippen molar-refractivity contribution in [1.82, 2.24) is 0 Å². The summed E-state index contributed by atoms with van der Waals surface area (Å²) >= 11 is 0. The summed E-state index contributed by atoms with van der Waals surface area (Å²) in [6.45, 7) is 2.55. The highest BCUT2D eigenvalue weighted by Crippen LogP contribution is 2.00. The van der Waals surface area contributed by atoms with Gasteiger partial charge in [-0.05, 0) is 6.92 Å². The first-order valence-electron chi connectivity index (χ1n) is 3.25. The van der Waals surface area contributed by atoms with E-state index in [0.29, 0.717) is 6.54 Å². The molecule has 0 heterocycles. The molecule has 0 amide bonds. The van der Waals surface area contributed by atoms with E-state index in [-0.39, 0.29) is 0 Å². The lowest BCUT2D eigenvalue weighted by molar-refractivity contribution is -0.498. The Hall–Kier alpha value is -1.18. The smallest absolute Gasteiger partial charge is 0.155 e. The lowest BCUT2D eigenvalue weighted by Crippen LogP contribution is -2.60. The first-order valence-corrected chi connectivity index (χ1v) is 3.25. The van der Waals surface area contributed by atoms with Gasteiger partial charge in [0.2, 0.25) is 0 Å². The van der Waals surface area contributed by atoms with Crippen LogP contribution in [0.15, 0.2) is 24.3 Å². The summed E-state index contributed by atoms with van der Waals surface area (Å²) in [6, 6.07) is 8.01. The molecule has 0 saturated carbocycles. The fraction of sp³-hybridized carbons (Fsp3) is 0.250. The van der Waals surface area contributed by atoms with Gasteiger partial charge in [0, 0.05) is 5.56 Å². The van der Waals surface area contributed by atoms with E-state index in [0.717, 1.165) is 5.56 Å². The van der Waals surface area contributed by atoms with Crippen LogP contribution in [0, 0.1) is 6.92 Å². The summed E-state index contributed by atoms with van der Waals surface area (Å²) in [5.41, 5.74) is 10.7. The van der Waals surface area contributed by atoms with Crippen molar-refractivity contribution < 1.29 is 5.11 Å². The van der Waals surface area contributed by atoms with Crippen LogP contribution < -0.4 is 5.11 Å². The number of aryl methyl sites for hydroxylation is 1. The van der Waals surface area contributed by atoms with Gasteiger partial charge >= 0.3 is 0 Å². The zero-order valence-corrected chi connectivity index (χ0v) is 5.96. The molecule has 10 heavy (non-hydrogen) atoms. The van der Waals surface area contributed by atoms with E-state index in [1.54, 1.807) is 0 Å². The highest BCUT2D eigenvalue weighted by atomic mass is 14.9. The highest BCUT2D eigenvalue weighted by Gasteiger charge is 1.89. The second-order valence-electron chi connectivity index (χ2n) is 2.32. The average Bonchev–Trinajstić information content (AvgIpc) is 1.95. The molecular weight excluding hydrogens is 124 g/mol. The van der Waals surface area contributed by atoms with E-state index in [1.807, 2.05) is 31.2 Å². The molecule has 0 fully saturated rings. The molecule has 1 aromatic rings. The first-order chi connectivity index (χ1) is 4.83. The summed E-state index contributed by atoms with van der Waals surface area (Å²) in [4.78, 5) is 0. The molecule has 1 rings (SSSR count). The third kappa shape index (κ3) is 1.65. The standard InChI is InChI=1S/C8H10N2/c1-7-2-4-8(5-3-7)6-10-9/h2-5,10H,6H2,1H3. The van der Waals surface area contributed by atoms with E-state index < -0.39 is 0 Å². The topological polar surface area (TPSA) is 36.3 Å². The summed E-state index contributed by atoms with van der Waals surface area (Å²) in [5, 5.41) is 2.10. The normalized spacial score (nSPS) is 9.30. The van der Waals surface area contributed by atoms with Crippen molar-refractivity contribution in [1.29, 1.82) is 0 Å². The van der Waals surface area contributed by atoms with Gasteiger partial charge in [0.05, 0.1) is 0 Å². The van der Waals surface area contributed by atoms with Crippen LogP contribution >= 0.6 is 0 Å². The molecule has 0 bridgehead atoms. The molecule has 0 unspecified atom stereocenters. The van der Waals surface area contributed by atoms with E-state index in [1.165, 1.54) is 5.56 Å². The minimum Gasteiger partial charge on any atom is -0.508 e. The van der Waals surface area contributed by atoms with Crippen LogP contribution in [0.25, 0.3) is 5.53 Å². The molecule has 0 aliphatic carbocycles. The predicted octanol–water partition coefficient (Wildman–Crippen LogP) is 0.597. The average molecular weight is 134 g/mol. The van der Waals surface area contributed by atoms with Gasteiger partial charge in [0.15, 0.2) is 6.54 Å². The summed E-state index contributed by atoms with van der Waals surface area (Å²) in [5.74, 6) is 0. The Morgan fingerprint density at radius 1 is 1.30 bits per heavy atom. The van der Waals surface area contributed by atoms with Crippen LogP contribution in [-0.2, 0) is 6.54 Å². The summed E-state index contributed by atoms with van der Waals surface area (Å²) in [6.07, 6.45) is 0. The minimum absolute atomic E-state index is 0.514. The number of hydrogen-bond acceptors (Lipinski definition) is 0. The number of nitrogens with one attached hydrogen (secondary N) is 1. The van der Waals surface area contributed by atoms with Gasteiger partial charge in [-0.25, -0.2) is 0 Å². The molecule has 0 aliphatic heterocycles. The lowest BCUT2D eigenvalue weighted by Gasteiger charge is -1.93. The monoisotopic (exact) mass is 134 g/mol. The van der Waals surface area contributed by atoms with Gasteiger partial charge in [0.1, 0.15) is 0 Å². The van der Waals surface area contributed by atoms with Crippen LogP contribution in [0.3, 0.4) is 0 Å². The Morgan fingerprint density at radius 3 is 2.40 bits per heavy atom. The van der Waals surface area contributed by atoms with Gasteiger partial charge in [-0.1, -0.05) is 29.8 Å². The van der Waals surface area contributed by atoms with Crippen molar-refractivity contribution in [2.24, 2.45) is 0 Å². The minimum atomic E-state index is 0.514. The maximum atomic E-state index is 8.34. The van der Waals surface area contributed by atoms with Gasteiger partial charge in [-0.15, -0.1) is 0 Å². The third-order valence-corrected chi connectivity index (χ3v) is 1.40. The molecule has 0 radical (unpaired) electrons. The van der Waals surface area contributed by atoms with Crippen molar-refractivity contribution in [3.05, 3.63) is 40.9 Å². The molecule has 1 N–H and O–H groups in total. The Kier molecular flexibility index (Phi) is 2.15. The second-order valence-corrected chi connectivity index (χ2v) is 2.32. The number of nitrogens with zero attached hydrogens (tertiary/aromatic N) is 1. The first kappa shape index (κ1) is 6.93. The SMILES string of the molecule is Cc1ccc(C[NH+]=[N-])cc1. The Morgan fingerprint density at radius 2 is 1.90 bits per heavy atom. The van der Waals surface area contributed by atoms with Crippen molar-refractivity contribution in [2.45, 2.75) is 13.5 Å². The molecule has 0 saturated heterocycles. The van der Waals surface area contributed by atoms with E-state index in [9.17, 15) is 0 Å². The third-order valence-electron chi connectivity index (χ3n) is 1.40. The maximum Gasteiger partial charge on any atom is 0.155 e. The summed E-state index contributed by atoms with van der Waals surface area (Å²) in [7, 11) is 0. The quantitative estimate of drug-likeness (QED) is 0.575. The van der Waals surface area contributed by atoms with E-state index in [2.05, 4.69) is 5.11 Å². The predicted molar refractivity (Wildman–Crippen MR) is 39.2 cm³/mol. The molecule has 0 atom stereocenters. The van der Waals surface area contributed by atoms with Gasteiger partial charge in [0.25, 0.3) is 0 Å². The highest BCUT2D eigenvalue weighted by molar-refractivity contribution is 5.20. The molecule has 0 spiro atoms. The summed E-state index contributed by atoms with van der Waals surface area (Å²) < 4.78 is 0. The van der Waals surface area contributed by atoms with Crippen LogP contribution in [0.4, 0.5) is 0 Å². The van der Waals surface area contributed by atoms with Crippen molar-refractivity contribution in [3.8, 4) is 0 Å². The molecule has 1 aromatic carbocycles. The van der Waals surface area contributed by atoms with Gasteiger partial charge in [-0.2, -0.15) is 0 Å². The van der Waals surface area contributed by atoms with Crippen molar-refractivity contribution in [2.75, 3.05) is 0 Å². The largest absolute Gasteiger partial charge is 0.508 e. The Balaban J connectivity index is 2.78. The lowest BCUT2D eigenvalue weighted by atomic mass is 10.2. The van der Waals surface area contributed by atoms with Gasteiger partial charge in [-0.3, -0.25) is 0 Å². The molecule has 0 aromatic heterocycles. The number of hydrogen-bond donors (Lipinski definition) is 1.